The van der Waals surface area contributed by atoms with E-state index in [0.717, 1.165) is 29.7 Å². The second-order valence-corrected chi connectivity index (χ2v) is 6.65. The molecule has 2 atom stereocenters. The molecule has 0 spiro atoms. The van der Waals surface area contributed by atoms with Crippen molar-refractivity contribution in [2.24, 2.45) is 5.92 Å². The zero-order chi connectivity index (χ0) is 13.0. The molecule has 18 heavy (non-hydrogen) atoms. The van der Waals surface area contributed by atoms with E-state index in [-0.39, 0.29) is 0 Å². The molecule has 1 aliphatic carbocycles. The lowest BCUT2D eigenvalue weighted by atomic mass is 9.87. The van der Waals surface area contributed by atoms with Crippen LogP contribution >= 0.6 is 15.9 Å². The van der Waals surface area contributed by atoms with Crippen molar-refractivity contribution in [3.8, 4) is 0 Å². The van der Waals surface area contributed by atoms with E-state index >= 15 is 0 Å². The number of hydrogen-bond donors (Lipinski definition) is 1. The van der Waals surface area contributed by atoms with E-state index in [2.05, 4.69) is 47.1 Å². The molecular weight excluding hydrogens is 288 g/mol. The predicted octanol–water partition coefficient (Wildman–Crippen LogP) is 4.71. The van der Waals surface area contributed by atoms with Crippen molar-refractivity contribution in [1.29, 1.82) is 0 Å². The number of benzene rings is 1. The summed E-state index contributed by atoms with van der Waals surface area (Å²) in [7, 11) is 0. The van der Waals surface area contributed by atoms with Crippen LogP contribution in [-0.4, -0.2) is 10.7 Å². The molecule has 0 saturated heterocycles. The minimum atomic E-state index is -0.474. The summed E-state index contributed by atoms with van der Waals surface area (Å²) in [5.41, 5.74) is 0.772. The minimum absolute atomic E-state index is 0.474. The average Bonchev–Trinajstić information content (AvgIpc) is 2.54. The Morgan fingerprint density at radius 1 is 1.22 bits per heavy atom. The Morgan fingerprint density at radius 3 is 2.61 bits per heavy atom. The van der Waals surface area contributed by atoms with Crippen LogP contribution in [0.15, 0.2) is 28.7 Å². The van der Waals surface area contributed by atoms with Crippen molar-refractivity contribution >= 4 is 15.9 Å². The summed E-state index contributed by atoms with van der Waals surface area (Å²) in [6.45, 7) is 2.27. The standard InChI is InChI=1S/C16H23BrO/c1-2-13-4-3-10-16(18,11-9-13)12-14-5-7-15(17)8-6-14/h5-8,13,18H,2-4,9-12H2,1H3. The smallest absolute Gasteiger partial charge is 0.0688 e. The Bertz CT molecular complexity index is 373. The maximum atomic E-state index is 10.8. The second-order valence-electron chi connectivity index (χ2n) is 5.73. The lowest BCUT2D eigenvalue weighted by Crippen LogP contribution is -2.30. The molecule has 1 nitrogen and oxygen atoms in total. The SMILES string of the molecule is CCC1CCCC(O)(Cc2ccc(Br)cc2)CC1. The van der Waals surface area contributed by atoms with Crippen molar-refractivity contribution in [2.45, 2.75) is 57.5 Å². The summed E-state index contributed by atoms with van der Waals surface area (Å²) in [6.07, 6.45) is 7.63. The fraction of sp³-hybridized carbons (Fsp3) is 0.625. The van der Waals surface area contributed by atoms with Crippen molar-refractivity contribution in [3.05, 3.63) is 34.3 Å². The molecule has 0 heterocycles. The molecule has 0 aliphatic heterocycles. The summed E-state index contributed by atoms with van der Waals surface area (Å²) in [4.78, 5) is 0. The highest BCUT2D eigenvalue weighted by Crippen LogP contribution is 2.34. The van der Waals surface area contributed by atoms with E-state index in [0.29, 0.717) is 0 Å². The summed E-state index contributed by atoms with van der Waals surface area (Å²) in [6, 6.07) is 8.35. The topological polar surface area (TPSA) is 20.2 Å². The molecule has 0 amide bonds. The maximum absolute atomic E-state index is 10.8. The van der Waals surface area contributed by atoms with Gasteiger partial charge in [-0.25, -0.2) is 0 Å². The van der Waals surface area contributed by atoms with Crippen LogP contribution in [0.25, 0.3) is 0 Å². The molecule has 1 fully saturated rings. The van der Waals surface area contributed by atoms with Crippen molar-refractivity contribution in [2.75, 3.05) is 0 Å². The van der Waals surface area contributed by atoms with E-state index in [1.54, 1.807) is 0 Å². The Kier molecular flexibility index (Phi) is 4.85. The van der Waals surface area contributed by atoms with Crippen LogP contribution in [0.3, 0.4) is 0 Å². The van der Waals surface area contributed by atoms with Gasteiger partial charge in [0.15, 0.2) is 0 Å². The molecule has 0 bridgehead atoms. The number of hydrogen-bond acceptors (Lipinski definition) is 1. The van der Waals surface area contributed by atoms with Crippen LogP contribution in [-0.2, 0) is 6.42 Å². The monoisotopic (exact) mass is 310 g/mol. The summed E-state index contributed by atoms with van der Waals surface area (Å²) >= 11 is 3.45. The molecule has 1 aromatic carbocycles. The molecular formula is C16H23BrO. The van der Waals surface area contributed by atoms with Gasteiger partial charge in [-0.15, -0.1) is 0 Å². The number of aliphatic hydroxyl groups is 1. The van der Waals surface area contributed by atoms with Crippen LogP contribution in [0.5, 0.6) is 0 Å². The van der Waals surface area contributed by atoms with E-state index in [9.17, 15) is 5.11 Å². The van der Waals surface area contributed by atoms with E-state index < -0.39 is 5.60 Å². The first kappa shape index (κ1) is 14.1. The zero-order valence-corrected chi connectivity index (χ0v) is 12.7. The van der Waals surface area contributed by atoms with E-state index in [4.69, 9.17) is 0 Å². The Hall–Kier alpha value is -0.340. The van der Waals surface area contributed by atoms with Gasteiger partial charge in [0.25, 0.3) is 0 Å². The van der Waals surface area contributed by atoms with Crippen molar-refractivity contribution in [1.82, 2.24) is 0 Å². The van der Waals surface area contributed by atoms with E-state index in [1.165, 1.54) is 31.2 Å². The summed E-state index contributed by atoms with van der Waals surface area (Å²) < 4.78 is 1.10. The van der Waals surface area contributed by atoms with Gasteiger partial charge >= 0.3 is 0 Å². The van der Waals surface area contributed by atoms with E-state index in [1.807, 2.05) is 0 Å². The third-order valence-electron chi connectivity index (χ3n) is 4.30. The molecule has 2 rings (SSSR count). The van der Waals surface area contributed by atoms with Gasteiger partial charge in [-0.1, -0.05) is 54.2 Å². The Labute approximate surface area is 119 Å². The largest absolute Gasteiger partial charge is 0.390 e. The van der Waals surface area contributed by atoms with Gasteiger partial charge in [0.2, 0.25) is 0 Å². The lowest BCUT2D eigenvalue weighted by molar-refractivity contribution is 0.0242. The molecule has 100 valence electrons. The molecule has 1 saturated carbocycles. The van der Waals surface area contributed by atoms with Crippen LogP contribution in [0.1, 0.15) is 51.0 Å². The van der Waals surface area contributed by atoms with Gasteiger partial charge in [-0.2, -0.15) is 0 Å². The Balaban J connectivity index is 2.00. The maximum Gasteiger partial charge on any atom is 0.0688 e. The van der Waals surface area contributed by atoms with Gasteiger partial charge < -0.3 is 5.11 Å². The molecule has 0 radical (unpaired) electrons. The fourth-order valence-electron chi connectivity index (χ4n) is 3.03. The number of halogens is 1. The van der Waals surface area contributed by atoms with Gasteiger partial charge in [0.05, 0.1) is 5.60 Å². The van der Waals surface area contributed by atoms with Crippen molar-refractivity contribution < 1.29 is 5.11 Å². The highest BCUT2D eigenvalue weighted by atomic mass is 79.9. The minimum Gasteiger partial charge on any atom is -0.390 e. The molecule has 1 aliphatic rings. The third-order valence-corrected chi connectivity index (χ3v) is 4.82. The predicted molar refractivity (Wildman–Crippen MR) is 79.7 cm³/mol. The summed E-state index contributed by atoms with van der Waals surface area (Å²) in [5, 5.41) is 10.8. The second kappa shape index (κ2) is 6.21. The molecule has 2 heteroatoms. The van der Waals surface area contributed by atoms with Crippen LogP contribution in [0.2, 0.25) is 0 Å². The highest BCUT2D eigenvalue weighted by Gasteiger charge is 2.30. The van der Waals surface area contributed by atoms with Crippen molar-refractivity contribution in [3.63, 3.8) is 0 Å². The first-order chi connectivity index (χ1) is 8.61. The normalized spacial score (nSPS) is 28.9. The number of rotatable bonds is 3. The fourth-order valence-corrected chi connectivity index (χ4v) is 3.29. The van der Waals surface area contributed by atoms with Gasteiger partial charge in [0, 0.05) is 10.9 Å². The van der Waals surface area contributed by atoms with Gasteiger partial charge in [-0.3, -0.25) is 0 Å². The van der Waals surface area contributed by atoms with Crippen LogP contribution in [0, 0.1) is 5.92 Å². The lowest BCUT2D eigenvalue weighted by Gasteiger charge is -2.27. The third kappa shape index (κ3) is 3.83. The molecule has 2 unspecified atom stereocenters. The molecule has 1 N–H and O–H groups in total. The Morgan fingerprint density at radius 2 is 1.94 bits per heavy atom. The van der Waals surface area contributed by atoms with Crippen LogP contribution < -0.4 is 0 Å². The highest BCUT2D eigenvalue weighted by molar-refractivity contribution is 9.10. The zero-order valence-electron chi connectivity index (χ0n) is 11.2. The van der Waals surface area contributed by atoms with Gasteiger partial charge in [0.1, 0.15) is 0 Å². The van der Waals surface area contributed by atoms with Crippen LogP contribution in [0.4, 0.5) is 0 Å². The first-order valence-corrected chi connectivity index (χ1v) is 7.87. The quantitative estimate of drug-likeness (QED) is 0.801. The molecule has 0 aromatic heterocycles. The molecule has 1 aromatic rings. The summed E-state index contributed by atoms with van der Waals surface area (Å²) in [5.74, 6) is 0.823. The van der Waals surface area contributed by atoms with Gasteiger partial charge in [-0.05, 0) is 42.9 Å². The average molecular weight is 311 g/mol. The first-order valence-electron chi connectivity index (χ1n) is 7.08.